The molecule has 1 saturated carbocycles. The molecule has 1 unspecified atom stereocenters. The van der Waals surface area contributed by atoms with E-state index in [1.54, 1.807) is 0 Å². The predicted octanol–water partition coefficient (Wildman–Crippen LogP) is 1.22. The van der Waals surface area contributed by atoms with Crippen molar-refractivity contribution < 1.29 is 5.11 Å². The summed E-state index contributed by atoms with van der Waals surface area (Å²) in [6.07, 6.45) is 5.13. The molecule has 0 aromatic carbocycles. The number of hydrogen-bond acceptors (Lipinski definition) is 3. The molecule has 0 amide bonds. The number of nitrogens with zero attached hydrogens (tertiary/aromatic N) is 1. The van der Waals surface area contributed by atoms with E-state index in [0.717, 1.165) is 25.6 Å². The quantitative estimate of drug-likeness (QED) is 0.669. The van der Waals surface area contributed by atoms with Gasteiger partial charge >= 0.3 is 0 Å². The fourth-order valence-electron chi connectivity index (χ4n) is 2.10. The molecular formula is C12H26N2O. The van der Waals surface area contributed by atoms with Crippen molar-refractivity contribution in [3.05, 3.63) is 0 Å². The van der Waals surface area contributed by atoms with E-state index in [0.29, 0.717) is 0 Å². The van der Waals surface area contributed by atoms with E-state index < -0.39 is 0 Å². The normalized spacial score (nSPS) is 21.4. The van der Waals surface area contributed by atoms with Gasteiger partial charge in [0.2, 0.25) is 0 Å². The molecule has 0 aromatic heterocycles. The lowest BCUT2D eigenvalue weighted by molar-refractivity contribution is 0.0846. The number of aliphatic hydroxyl groups is 1. The molecule has 90 valence electrons. The summed E-state index contributed by atoms with van der Waals surface area (Å²) in [6.45, 7) is 6.39. The average Bonchev–Trinajstić information content (AvgIpc) is 2.12. The van der Waals surface area contributed by atoms with Gasteiger partial charge < -0.3 is 15.3 Å². The Morgan fingerprint density at radius 1 is 1.47 bits per heavy atom. The fraction of sp³-hybridized carbons (Fsp3) is 1.00. The van der Waals surface area contributed by atoms with Crippen LogP contribution in [0.3, 0.4) is 0 Å². The molecule has 15 heavy (non-hydrogen) atoms. The lowest BCUT2D eigenvalue weighted by Gasteiger charge is -2.40. The van der Waals surface area contributed by atoms with E-state index in [4.69, 9.17) is 0 Å². The molecular weight excluding hydrogens is 188 g/mol. The van der Waals surface area contributed by atoms with Crippen LogP contribution < -0.4 is 5.32 Å². The van der Waals surface area contributed by atoms with Gasteiger partial charge in [0.15, 0.2) is 0 Å². The van der Waals surface area contributed by atoms with Crippen LogP contribution in [0.1, 0.15) is 39.5 Å². The second kappa shape index (κ2) is 5.83. The minimum Gasteiger partial charge on any atom is -0.394 e. The molecule has 1 atom stereocenters. The molecule has 0 heterocycles. The summed E-state index contributed by atoms with van der Waals surface area (Å²) < 4.78 is 0. The maximum Gasteiger partial charge on any atom is 0.0623 e. The molecule has 0 spiro atoms. The topological polar surface area (TPSA) is 35.5 Å². The minimum atomic E-state index is -0.139. The molecule has 3 nitrogen and oxygen atoms in total. The Bertz CT molecular complexity index is 182. The number of hydrogen-bond donors (Lipinski definition) is 2. The van der Waals surface area contributed by atoms with Crippen LogP contribution in [0.5, 0.6) is 0 Å². The van der Waals surface area contributed by atoms with Crippen molar-refractivity contribution in [3.8, 4) is 0 Å². The van der Waals surface area contributed by atoms with E-state index >= 15 is 0 Å². The molecule has 2 N–H and O–H groups in total. The van der Waals surface area contributed by atoms with Crippen molar-refractivity contribution in [1.82, 2.24) is 10.2 Å². The largest absolute Gasteiger partial charge is 0.394 e. The van der Waals surface area contributed by atoms with Crippen molar-refractivity contribution in [2.75, 3.05) is 26.7 Å². The Balaban J connectivity index is 2.35. The van der Waals surface area contributed by atoms with Gasteiger partial charge in [-0.15, -0.1) is 0 Å². The first kappa shape index (κ1) is 12.9. The fourth-order valence-corrected chi connectivity index (χ4v) is 2.10. The Morgan fingerprint density at radius 3 is 2.53 bits per heavy atom. The van der Waals surface area contributed by atoms with E-state index in [1.165, 1.54) is 19.3 Å². The van der Waals surface area contributed by atoms with Crippen LogP contribution in [-0.2, 0) is 0 Å². The van der Waals surface area contributed by atoms with Crippen LogP contribution in [0.2, 0.25) is 0 Å². The molecule has 1 rings (SSSR count). The van der Waals surface area contributed by atoms with E-state index in [9.17, 15) is 5.11 Å². The van der Waals surface area contributed by atoms with Crippen molar-refractivity contribution in [3.63, 3.8) is 0 Å². The Labute approximate surface area is 93.9 Å². The zero-order valence-electron chi connectivity index (χ0n) is 10.4. The molecule has 3 heteroatoms. The Hall–Kier alpha value is -0.120. The highest BCUT2D eigenvalue weighted by molar-refractivity contribution is 4.89. The summed E-state index contributed by atoms with van der Waals surface area (Å²) in [5.41, 5.74) is -0.139. The maximum atomic E-state index is 9.44. The summed E-state index contributed by atoms with van der Waals surface area (Å²) in [5, 5.41) is 12.9. The highest BCUT2D eigenvalue weighted by Crippen LogP contribution is 2.24. The zero-order valence-corrected chi connectivity index (χ0v) is 10.4. The van der Waals surface area contributed by atoms with E-state index in [1.807, 2.05) is 0 Å². The molecule has 1 aliphatic rings. The van der Waals surface area contributed by atoms with Crippen LogP contribution in [0.15, 0.2) is 0 Å². The summed E-state index contributed by atoms with van der Waals surface area (Å²) in [4.78, 5) is 2.39. The number of nitrogens with one attached hydrogen (secondary N) is 1. The predicted molar refractivity (Wildman–Crippen MR) is 64.1 cm³/mol. The van der Waals surface area contributed by atoms with Crippen LogP contribution in [0, 0.1) is 0 Å². The van der Waals surface area contributed by atoms with Crippen molar-refractivity contribution in [2.45, 2.75) is 51.1 Å². The standard InChI is InChI=1S/C12H26N2O/c1-4-8-13-12(2,10-15)9-14(3)11-6-5-7-11/h11,13,15H,4-10H2,1-3H3. The molecule has 1 aliphatic carbocycles. The lowest BCUT2D eigenvalue weighted by Crippen LogP contribution is -2.56. The second-order valence-electron chi connectivity index (χ2n) is 5.15. The van der Waals surface area contributed by atoms with Crippen LogP contribution >= 0.6 is 0 Å². The SMILES string of the molecule is CCCNC(C)(CO)CN(C)C1CCC1. The Kier molecular flexibility index (Phi) is 5.03. The van der Waals surface area contributed by atoms with Gasteiger partial charge in [-0.25, -0.2) is 0 Å². The van der Waals surface area contributed by atoms with E-state index in [2.05, 4.69) is 31.1 Å². The van der Waals surface area contributed by atoms with Gasteiger partial charge in [-0.2, -0.15) is 0 Å². The molecule has 0 aliphatic heterocycles. The average molecular weight is 214 g/mol. The monoisotopic (exact) mass is 214 g/mol. The van der Waals surface area contributed by atoms with Gasteiger partial charge in [0, 0.05) is 12.6 Å². The van der Waals surface area contributed by atoms with Crippen LogP contribution in [0.4, 0.5) is 0 Å². The third kappa shape index (κ3) is 3.74. The van der Waals surface area contributed by atoms with Gasteiger partial charge in [-0.05, 0) is 39.8 Å². The summed E-state index contributed by atoms with van der Waals surface area (Å²) in [7, 11) is 2.17. The second-order valence-corrected chi connectivity index (χ2v) is 5.15. The molecule has 0 radical (unpaired) electrons. The van der Waals surface area contributed by atoms with Gasteiger partial charge in [0.25, 0.3) is 0 Å². The summed E-state index contributed by atoms with van der Waals surface area (Å²) in [6, 6.07) is 0.749. The first-order valence-corrected chi connectivity index (χ1v) is 6.17. The highest BCUT2D eigenvalue weighted by Gasteiger charge is 2.29. The highest BCUT2D eigenvalue weighted by atomic mass is 16.3. The number of rotatable bonds is 7. The van der Waals surface area contributed by atoms with Crippen LogP contribution in [-0.4, -0.2) is 48.3 Å². The number of likely N-dealkylation sites (N-methyl/N-ethyl adjacent to an activating group) is 1. The first-order valence-electron chi connectivity index (χ1n) is 6.17. The van der Waals surface area contributed by atoms with Gasteiger partial charge in [0.1, 0.15) is 0 Å². The summed E-state index contributed by atoms with van der Waals surface area (Å²) in [5.74, 6) is 0. The lowest BCUT2D eigenvalue weighted by atomic mass is 9.90. The summed E-state index contributed by atoms with van der Waals surface area (Å²) >= 11 is 0. The van der Waals surface area contributed by atoms with Crippen molar-refractivity contribution in [1.29, 1.82) is 0 Å². The molecule has 1 fully saturated rings. The molecule has 0 bridgehead atoms. The zero-order chi connectivity index (χ0) is 11.3. The van der Waals surface area contributed by atoms with Gasteiger partial charge in [-0.3, -0.25) is 0 Å². The maximum absolute atomic E-state index is 9.44. The third-order valence-electron chi connectivity index (χ3n) is 3.45. The van der Waals surface area contributed by atoms with Crippen LogP contribution in [0.25, 0.3) is 0 Å². The van der Waals surface area contributed by atoms with E-state index in [-0.39, 0.29) is 12.1 Å². The van der Waals surface area contributed by atoms with Crippen molar-refractivity contribution in [2.24, 2.45) is 0 Å². The molecule has 0 saturated heterocycles. The number of aliphatic hydroxyl groups excluding tert-OH is 1. The van der Waals surface area contributed by atoms with Gasteiger partial charge in [-0.1, -0.05) is 13.3 Å². The van der Waals surface area contributed by atoms with Crippen molar-refractivity contribution >= 4 is 0 Å². The van der Waals surface area contributed by atoms with Gasteiger partial charge in [0.05, 0.1) is 12.1 Å². The smallest absolute Gasteiger partial charge is 0.0623 e. The first-order chi connectivity index (χ1) is 7.11. The minimum absolute atomic E-state index is 0.139. The Morgan fingerprint density at radius 2 is 2.13 bits per heavy atom. The third-order valence-corrected chi connectivity index (χ3v) is 3.45. The molecule has 0 aromatic rings.